The molecular formula is C17H30IN5. The maximum Gasteiger partial charge on any atom is 0.193 e. The van der Waals surface area contributed by atoms with Crippen molar-refractivity contribution in [2.75, 3.05) is 26.2 Å². The minimum Gasteiger partial charge on any atom is -0.357 e. The number of hydrogen-bond donors (Lipinski definition) is 1. The number of aliphatic imine (C=N–C) groups is 1. The van der Waals surface area contributed by atoms with Crippen molar-refractivity contribution >= 4 is 29.9 Å². The van der Waals surface area contributed by atoms with Crippen LogP contribution in [0.5, 0.6) is 0 Å². The maximum absolute atomic E-state index is 4.84. The minimum absolute atomic E-state index is 0. The van der Waals surface area contributed by atoms with Crippen molar-refractivity contribution in [1.29, 1.82) is 0 Å². The second kappa shape index (κ2) is 8.89. The van der Waals surface area contributed by atoms with Gasteiger partial charge in [0.05, 0.1) is 6.20 Å². The maximum atomic E-state index is 4.84. The Labute approximate surface area is 156 Å². The van der Waals surface area contributed by atoms with E-state index < -0.39 is 0 Å². The molecule has 2 aliphatic rings. The van der Waals surface area contributed by atoms with Gasteiger partial charge in [0.2, 0.25) is 0 Å². The number of likely N-dealkylation sites (tertiary alicyclic amines) is 1. The summed E-state index contributed by atoms with van der Waals surface area (Å²) in [6, 6.07) is 0. The number of rotatable bonds is 6. The van der Waals surface area contributed by atoms with Crippen LogP contribution >= 0.6 is 24.0 Å². The van der Waals surface area contributed by atoms with Crippen molar-refractivity contribution in [1.82, 2.24) is 20.0 Å². The van der Waals surface area contributed by atoms with E-state index in [9.17, 15) is 0 Å². The Bertz CT molecular complexity index is 509. The predicted octanol–water partition coefficient (Wildman–Crippen LogP) is 2.67. The van der Waals surface area contributed by atoms with E-state index in [1.165, 1.54) is 31.2 Å². The van der Waals surface area contributed by atoms with Gasteiger partial charge in [-0.05, 0) is 43.6 Å². The quantitative estimate of drug-likeness (QED) is 0.428. The highest BCUT2D eigenvalue weighted by Gasteiger charge is 2.26. The number of nitrogens with one attached hydrogen (secondary N) is 1. The van der Waals surface area contributed by atoms with Crippen LogP contribution in [0.3, 0.4) is 0 Å². The number of halogens is 1. The average molecular weight is 431 g/mol. The zero-order chi connectivity index (χ0) is 15.4. The van der Waals surface area contributed by atoms with Gasteiger partial charge in [0, 0.05) is 39.4 Å². The Morgan fingerprint density at radius 1 is 1.35 bits per heavy atom. The lowest BCUT2D eigenvalue weighted by molar-refractivity contribution is 0.459. The Kier molecular flexibility index (Phi) is 7.17. The fourth-order valence-corrected chi connectivity index (χ4v) is 3.29. The summed E-state index contributed by atoms with van der Waals surface area (Å²) in [6.07, 6.45) is 10.6. The zero-order valence-corrected chi connectivity index (χ0v) is 16.7. The third kappa shape index (κ3) is 5.65. The van der Waals surface area contributed by atoms with E-state index >= 15 is 0 Å². The van der Waals surface area contributed by atoms with E-state index in [0.29, 0.717) is 0 Å². The largest absolute Gasteiger partial charge is 0.357 e. The van der Waals surface area contributed by atoms with Gasteiger partial charge in [0.1, 0.15) is 0 Å². The fourth-order valence-electron chi connectivity index (χ4n) is 3.29. The summed E-state index contributed by atoms with van der Waals surface area (Å²) >= 11 is 0. The molecule has 1 aromatic heterocycles. The van der Waals surface area contributed by atoms with E-state index in [2.05, 4.69) is 28.4 Å². The summed E-state index contributed by atoms with van der Waals surface area (Å²) < 4.78 is 1.89. The summed E-state index contributed by atoms with van der Waals surface area (Å²) in [6.45, 7) is 6.33. The second-order valence-electron chi connectivity index (χ2n) is 6.79. The molecule has 3 rings (SSSR count). The summed E-state index contributed by atoms with van der Waals surface area (Å²) in [5.41, 5.74) is 1.35. The first kappa shape index (κ1) is 18.5. The molecule has 0 spiro atoms. The number of aromatic nitrogens is 2. The molecule has 1 saturated carbocycles. The molecule has 6 heteroatoms. The molecule has 2 fully saturated rings. The van der Waals surface area contributed by atoms with Gasteiger partial charge in [-0.15, -0.1) is 24.0 Å². The van der Waals surface area contributed by atoms with Crippen molar-refractivity contribution in [3.05, 3.63) is 18.0 Å². The third-order valence-corrected chi connectivity index (χ3v) is 4.70. The van der Waals surface area contributed by atoms with Crippen LogP contribution in [-0.2, 0) is 13.5 Å². The van der Waals surface area contributed by atoms with Crippen LogP contribution < -0.4 is 5.32 Å². The first-order valence-corrected chi connectivity index (χ1v) is 8.75. The summed E-state index contributed by atoms with van der Waals surface area (Å²) in [5, 5.41) is 7.74. The molecule has 1 aliphatic carbocycles. The molecule has 1 N–H and O–H groups in total. The molecule has 0 amide bonds. The molecule has 23 heavy (non-hydrogen) atoms. The zero-order valence-electron chi connectivity index (χ0n) is 14.4. The SMILES string of the molecule is CCNC(=NCCC1CC1)N1CCC(Cc2cnn(C)c2)C1.I. The van der Waals surface area contributed by atoms with Crippen LogP contribution in [0.2, 0.25) is 0 Å². The van der Waals surface area contributed by atoms with Crippen molar-refractivity contribution < 1.29 is 0 Å². The van der Waals surface area contributed by atoms with Crippen molar-refractivity contribution in [2.24, 2.45) is 23.9 Å². The number of nitrogens with zero attached hydrogens (tertiary/aromatic N) is 4. The fraction of sp³-hybridized carbons (Fsp3) is 0.765. The summed E-state index contributed by atoms with van der Waals surface area (Å²) in [4.78, 5) is 7.28. The van der Waals surface area contributed by atoms with Crippen LogP contribution in [0.4, 0.5) is 0 Å². The first-order chi connectivity index (χ1) is 10.7. The molecular weight excluding hydrogens is 401 g/mol. The highest BCUT2D eigenvalue weighted by molar-refractivity contribution is 14.0. The smallest absolute Gasteiger partial charge is 0.193 e. The molecule has 1 unspecified atom stereocenters. The summed E-state index contributed by atoms with van der Waals surface area (Å²) in [5.74, 6) is 2.80. The molecule has 2 heterocycles. The Balaban J connectivity index is 0.00000192. The van der Waals surface area contributed by atoms with E-state index in [1.807, 2.05) is 17.9 Å². The minimum atomic E-state index is 0. The Morgan fingerprint density at radius 2 is 2.17 bits per heavy atom. The first-order valence-electron chi connectivity index (χ1n) is 8.75. The second-order valence-corrected chi connectivity index (χ2v) is 6.79. The van der Waals surface area contributed by atoms with Crippen LogP contribution in [0.1, 0.15) is 38.2 Å². The Morgan fingerprint density at radius 3 is 2.83 bits per heavy atom. The molecule has 1 saturated heterocycles. The van der Waals surface area contributed by atoms with Gasteiger partial charge >= 0.3 is 0 Å². The number of guanidine groups is 1. The van der Waals surface area contributed by atoms with Crippen LogP contribution in [0.15, 0.2) is 17.4 Å². The molecule has 1 aromatic rings. The molecule has 130 valence electrons. The van der Waals surface area contributed by atoms with Crippen molar-refractivity contribution in [3.8, 4) is 0 Å². The molecule has 0 aromatic carbocycles. The average Bonchev–Trinajstić information content (AvgIpc) is 3.05. The van der Waals surface area contributed by atoms with E-state index in [1.54, 1.807) is 0 Å². The van der Waals surface area contributed by atoms with Crippen LogP contribution in [-0.4, -0.2) is 46.8 Å². The van der Waals surface area contributed by atoms with Gasteiger partial charge in [-0.2, -0.15) is 5.10 Å². The number of aryl methyl sites for hydroxylation is 1. The highest BCUT2D eigenvalue weighted by atomic mass is 127. The van der Waals surface area contributed by atoms with Gasteiger partial charge in [-0.1, -0.05) is 12.8 Å². The van der Waals surface area contributed by atoms with Crippen LogP contribution in [0.25, 0.3) is 0 Å². The van der Waals surface area contributed by atoms with E-state index in [0.717, 1.165) is 50.4 Å². The standard InChI is InChI=1S/C17H29N5.HI/c1-3-18-17(19-8-6-14-4-5-14)22-9-7-15(13-22)10-16-11-20-21(2)12-16;/h11-12,14-15H,3-10,13H2,1-2H3,(H,18,19);1H. The monoisotopic (exact) mass is 431 g/mol. The predicted molar refractivity (Wildman–Crippen MR) is 105 cm³/mol. The molecule has 1 aliphatic heterocycles. The van der Waals surface area contributed by atoms with Gasteiger partial charge < -0.3 is 10.2 Å². The van der Waals surface area contributed by atoms with E-state index in [-0.39, 0.29) is 24.0 Å². The lowest BCUT2D eigenvalue weighted by Gasteiger charge is -2.21. The summed E-state index contributed by atoms with van der Waals surface area (Å²) in [7, 11) is 1.99. The third-order valence-electron chi connectivity index (χ3n) is 4.70. The van der Waals surface area contributed by atoms with E-state index in [4.69, 9.17) is 4.99 Å². The highest BCUT2D eigenvalue weighted by Crippen LogP contribution is 2.32. The lowest BCUT2D eigenvalue weighted by Crippen LogP contribution is -2.40. The number of hydrogen-bond acceptors (Lipinski definition) is 2. The normalized spacial score (nSPS) is 21.4. The topological polar surface area (TPSA) is 45.5 Å². The van der Waals surface area contributed by atoms with Crippen molar-refractivity contribution in [3.63, 3.8) is 0 Å². The lowest BCUT2D eigenvalue weighted by atomic mass is 10.0. The van der Waals surface area contributed by atoms with Gasteiger partial charge in [-0.3, -0.25) is 9.67 Å². The molecule has 0 bridgehead atoms. The molecule has 0 radical (unpaired) electrons. The van der Waals surface area contributed by atoms with Gasteiger partial charge in [0.15, 0.2) is 5.96 Å². The van der Waals surface area contributed by atoms with Gasteiger partial charge in [0.25, 0.3) is 0 Å². The van der Waals surface area contributed by atoms with Gasteiger partial charge in [-0.25, -0.2) is 0 Å². The van der Waals surface area contributed by atoms with Crippen molar-refractivity contribution in [2.45, 2.75) is 39.0 Å². The Hall–Kier alpha value is -0.790. The van der Waals surface area contributed by atoms with Crippen LogP contribution in [0, 0.1) is 11.8 Å². The molecule has 5 nitrogen and oxygen atoms in total. The molecule has 1 atom stereocenters.